The van der Waals surface area contributed by atoms with Gasteiger partial charge in [0.15, 0.2) is 17.2 Å². The zero-order valence-electron chi connectivity index (χ0n) is 21.4. The van der Waals surface area contributed by atoms with Crippen molar-refractivity contribution in [3.63, 3.8) is 0 Å². The minimum atomic E-state index is 0.672. The summed E-state index contributed by atoms with van der Waals surface area (Å²) in [5.41, 5.74) is 5.44. The van der Waals surface area contributed by atoms with E-state index in [2.05, 4.69) is 108 Å². The number of para-hydroxylation sites is 1. The number of hydrogen-bond acceptors (Lipinski definition) is 3. The van der Waals surface area contributed by atoms with E-state index >= 15 is 0 Å². The molecule has 0 aliphatic heterocycles. The standard InChI is InChI=1S/C36H21N3O/c1-2-11-23(12-3-1)35-37-33-32-26-15-7-6-10-22(26)18-19-31(32)40-34(33)36(38-35)39-29-17-9-8-16-27(29)28-20-24-13-4-5-14-25(24)21-30(28)39/h1-21H. The van der Waals surface area contributed by atoms with E-state index in [1.54, 1.807) is 0 Å². The van der Waals surface area contributed by atoms with Gasteiger partial charge in [-0.25, -0.2) is 9.97 Å². The van der Waals surface area contributed by atoms with E-state index in [0.29, 0.717) is 11.4 Å². The Hall–Kier alpha value is -5.48. The van der Waals surface area contributed by atoms with Gasteiger partial charge in [0.05, 0.1) is 16.4 Å². The second-order valence-corrected chi connectivity index (χ2v) is 10.2. The predicted molar refractivity (Wildman–Crippen MR) is 164 cm³/mol. The fourth-order valence-electron chi connectivity index (χ4n) is 6.14. The van der Waals surface area contributed by atoms with Crippen LogP contribution in [-0.2, 0) is 0 Å². The number of hydrogen-bond donors (Lipinski definition) is 0. The van der Waals surface area contributed by atoms with Gasteiger partial charge in [-0.2, -0.15) is 0 Å². The van der Waals surface area contributed by atoms with Crippen LogP contribution in [0.25, 0.3) is 82.6 Å². The van der Waals surface area contributed by atoms with E-state index in [4.69, 9.17) is 14.4 Å². The van der Waals surface area contributed by atoms with Crippen LogP contribution in [-0.4, -0.2) is 14.5 Å². The third-order valence-corrected chi connectivity index (χ3v) is 7.97. The lowest BCUT2D eigenvalue weighted by atomic mass is 10.1. The molecule has 0 bridgehead atoms. The lowest BCUT2D eigenvalue weighted by Crippen LogP contribution is -2.01. The molecule has 3 heterocycles. The summed E-state index contributed by atoms with van der Waals surface area (Å²) in [5, 5.41) is 8.05. The van der Waals surface area contributed by atoms with Gasteiger partial charge in [-0.05, 0) is 45.8 Å². The Labute approximate surface area is 228 Å². The van der Waals surface area contributed by atoms with Gasteiger partial charge < -0.3 is 4.42 Å². The average Bonchev–Trinajstić information content (AvgIpc) is 3.56. The van der Waals surface area contributed by atoms with Crippen LogP contribution in [0.2, 0.25) is 0 Å². The summed E-state index contributed by atoms with van der Waals surface area (Å²) in [5.74, 6) is 1.41. The molecule has 186 valence electrons. The first kappa shape index (κ1) is 21.5. The topological polar surface area (TPSA) is 43.9 Å². The van der Waals surface area contributed by atoms with Crippen molar-refractivity contribution in [1.82, 2.24) is 14.5 Å². The molecule has 0 atom stereocenters. The minimum Gasteiger partial charge on any atom is -0.450 e. The zero-order valence-corrected chi connectivity index (χ0v) is 21.4. The summed E-state index contributed by atoms with van der Waals surface area (Å²) in [6, 6.07) is 44.3. The number of rotatable bonds is 2. The Bertz CT molecular complexity index is 2430. The third kappa shape index (κ3) is 2.96. The summed E-state index contributed by atoms with van der Waals surface area (Å²) in [6.45, 7) is 0. The van der Waals surface area contributed by atoms with Crippen molar-refractivity contribution in [3.05, 3.63) is 127 Å². The Kier molecular flexibility index (Phi) is 4.30. The van der Waals surface area contributed by atoms with Crippen LogP contribution < -0.4 is 0 Å². The average molecular weight is 512 g/mol. The molecule has 4 nitrogen and oxygen atoms in total. The molecule has 0 aliphatic rings. The van der Waals surface area contributed by atoms with E-state index in [0.717, 1.165) is 49.7 Å². The lowest BCUT2D eigenvalue weighted by molar-refractivity contribution is 0.662. The molecule has 4 heteroatoms. The van der Waals surface area contributed by atoms with E-state index in [-0.39, 0.29) is 0 Å². The first-order chi connectivity index (χ1) is 19.8. The fourth-order valence-corrected chi connectivity index (χ4v) is 6.14. The molecule has 3 aromatic heterocycles. The molecule has 0 amide bonds. The second kappa shape index (κ2) is 8.01. The molecule has 0 unspecified atom stereocenters. The van der Waals surface area contributed by atoms with Crippen LogP contribution >= 0.6 is 0 Å². The van der Waals surface area contributed by atoms with Crippen LogP contribution in [0.15, 0.2) is 132 Å². The van der Waals surface area contributed by atoms with Gasteiger partial charge >= 0.3 is 0 Å². The highest BCUT2D eigenvalue weighted by Crippen LogP contribution is 2.40. The Balaban J connectivity index is 1.50. The van der Waals surface area contributed by atoms with Crippen LogP contribution in [0.5, 0.6) is 0 Å². The molecule has 0 radical (unpaired) electrons. The van der Waals surface area contributed by atoms with Gasteiger partial charge in [0.2, 0.25) is 0 Å². The van der Waals surface area contributed by atoms with E-state index in [1.165, 1.54) is 21.5 Å². The summed E-state index contributed by atoms with van der Waals surface area (Å²) in [6.07, 6.45) is 0. The summed E-state index contributed by atoms with van der Waals surface area (Å²) >= 11 is 0. The Morgan fingerprint density at radius 3 is 2.08 bits per heavy atom. The summed E-state index contributed by atoms with van der Waals surface area (Å²) in [4.78, 5) is 10.4. The van der Waals surface area contributed by atoms with Gasteiger partial charge in [-0.3, -0.25) is 4.57 Å². The van der Waals surface area contributed by atoms with Crippen molar-refractivity contribution in [2.45, 2.75) is 0 Å². The first-order valence-electron chi connectivity index (χ1n) is 13.4. The molecule has 0 saturated heterocycles. The highest BCUT2D eigenvalue weighted by atomic mass is 16.3. The van der Waals surface area contributed by atoms with Gasteiger partial charge in [-0.15, -0.1) is 0 Å². The Morgan fingerprint density at radius 2 is 1.23 bits per heavy atom. The molecule has 0 saturated carbocycles. The van der Waals surface area contributed by atoms with E-state index in [1.807, 2.05) is 24.3 Å². The number of furan rings is 1. The molecule has 0 fully saturated rings. The van der Waals surface area contributed by atoms with Gasteiger partial charge in [-0.1, -0.05) is 103 Å². The SMILES string of the molecule is c1ccc(-c2nc(-n3c4ccccc4c4cc5ccccc5cc43)c3oc4ccc5ccccc5c4c3n2)cc1. The van der Waals surface area contributed by atoms with Crippen molar-refractivity contribution in [2.24, 2.45) is 0 Å². The van der Waals surface area contributed by atoms with Crippen LogP contribution in [0, 0.1) is 0 Å². The normalized spacial score (nSPS) is 12.0. The number of fused-ring (bicyclic) bond motifs is 9. The zero-order chi connectivity index (χ0) is 26.2. The van der Waals surface area contributed by atoms with Crippen molar-refractivity contribution in [1.29, 1.82) is 0 Å². The van der Waals surface area contributed by atoms with E-state index in [9.17, 15) is 0 Å². The first-order valence-corrected chi connectivity index (χ1v) is 13.4. The monoisotopic (exact) mass is 511 g/mol. The molecule has 9 rings (SSSR count). The molecule has 40 heavy (non-hydrogen) atoms. The number of benzene rings is 6. The molecule has 0 N–H and O–H groups in total. The largest absolute Gasteiger partial charge is 0.450 e. The maximum atomic E-state index is 6.65. The quantitative estimate of drug-likeness (QED) is 0.232. The number of nitrogens with zero attached hydrogens (tertiary/aromatic N) is 3. The van der Waals surface area contributed by atoms with Crippen molar-refractivity contribution >= 4 is 65.4 Å². The van der Waals surface area contributed by atoms with Gasteiger partial charge in [0.1, 0.15) is 11.1 Å². The predicted octanol–water partition coefficient (Wildman–Crippen LogP) is 9.45. The molecule has 6 aromatic carbocycles. The van der Waals surface area contributed by atoms with Crippen molar-refractivity contribution in [3.8, 4) is 17.2 Å². The Morgan fingerprint density at radius 1 is 0.525 bits per heavy atom. The maximum absolute atomic E-state index is 6.65. The van der Waals surface area contributed by atoms with Crippen LogP contribution in [0.3, 0.4) is 0 Å². The van der Waals surface area contributed by atoms with Gasteiger partial charge in [0.25, 0.3) is 0 Å². The molecular formula is C36H21N3O. The summed E-state index contributed by atoms with van der Waals surface area (Å²) in [7, 11) is 0. The van der Waals surface area contributed by atoms with Crippen LogP contribution in [0.4, 0.5) is 0 Å². The smallest absolute Gasteiger partial charge is 0.197 e. The molecule has 0 spiro atoms. The fraction of sp³-hybridized carbons (Fsp3) is 0. The lowest BCUT2D eigenvalue weighted by Gasteiger charge is -2.10. The maximum Gasteiger partial charge on any atom is 0.197 e. The highest BCUT2D eigenvalue weighted by Gasteiger charge is 2.23. The third-order valence-electron chi connectivity index (χ3n) is 7.97. The molecular weight excluding hydrogens is 490 g/mol. The summed E-state index contributed by atoms with van der Waals surface area (Å²) < 4.78 is 8.89. The molecule has 0 aliphatic carbocycles. The van der Waals surface area contributed by atoms with Crippen LogP contribution in [0.1, 0.15) is 0 Å². The van der Waals surface area contributed by atoms with Gasteiger partial charge in [0, 0.05) is 16.3 Å². The minimum absolute atomic E-state index is 0.672. The molecule has 9 aromatic rings. The number of aromatic nitrogens is 3. The van der Waals surface area contributed by atoms with Crippen molar-refractivity contribution < 1.29 is 4.42 Å². The van der Waals surface area contributed by atoms with Crippen molar-refractivity contribution in [2.75, 3.05) is 0 Å². The second-order valence-electron chi connectivity index (χ2n) is 10.2. The van der Waals surface area contributed by atoms with E-state index < -0.39 is 0 Å². The highest BCUT2D eigenvalue weighted by molar-refractivity contribution is 6.19.